The van der Waals surface area contributed by atoms with Crippen LogP contribution in [0.15, 0.2) is 61.4 Å². The molecule has 39 heavy (non-hydrogen) atoms. The fourth-order valence-corrected chi connectivity index (χ4v) is 5.24. The van der Waals surface area contributed by atoms with Crippen LogP contribution in [0.2, 0.25) is 0 Å². The number of hydrogen-bond donors (Lipinski definition) is 2. The Hall–Kier alpha value is -3.85. The van der Waals surface area contributed by atoms with Crippen LogP contribution < -0.4 is 5.32 Å². The molecule has 0 aliphatic heterocycles. The summed E-state index contributed by atoms with van der Waals surface area (Å²) in [5, 5.41) is 21.4. The molecule has 0 radical (unpaired) electrons. The van der Waals surface area contributed by atoms with Gasteiger partial charge in [-0.1, -0.05) is 32.0 Å². The van der Waals surface area contributed by atoms with E-state index in [9.17, 15) is 9.90 Å². The molecule has 1 aliphatic rings. The van der Waals surface area contributed by atoms with Crippen LogP contribution in [0, 0.1) is 17.8 Å². The average Bonchev–Trinajstić information content (AvgIpc) is 3.61. The summed E-state index contributed by atoms with van der Waals surface area (Å²) < 4.78 is 3.78. The fraction of sp³-hybridized carbons (Fsp3) is 0.433. The molecule has 9 nitrogen and oxygen atoms in total. The maximum atomic E-state index is 12.6. The third-order valence-electron chi connectivity index (χ3n) is 7.77. The SMILES string of the molecule is CC(C)[C@H](CO)NC(=O)C1CCC(Cn2cc(-c3cnc(-c4cccc(-c5cnn(C)c5)c4)nc3)cn2)CC1. The van der Waals surface area contributed by atoms with E-state index in [-0.39, 0.29) is 30.4 Å². The summed E-state index contributed by atoms with van der Waals surface area (Å²) in [6.07, 6.45) is 15.2. The van der Waals surface area contributed by atoms with Crippen LogP contribution in [0.1, 0.15) is 39.5 Å². The largest absolute Gasteiger partial charge is 0.394 e. The van der Waals surface area contributed by atoms with E-state index in [4.69, 9.17) is 0 Å². The molecule has 3 aromatic heterocycles. The van der Waals surface area contributed by atoms with E-state index >= 15 is 0 Å². The second-order valence-electron chi connectivity index (χ2n) is 11.0. The molecule has 0 saturated heterocycles. The number of carbonyl (C=O) groups excluding carboxylic acids is 1. The van der Waals surface area contributed by atoms with E-state index in [2.05, 4.69) is 43.8 Å². The first-order chi connectivity index (χ1) is 18.9. The number of aromatic nitrogens is 6. The second-order valence-corrected chi connectivity index (χ2v) is 11.0. The van der Waals surface area contributed by atoms with Gasteiger partial charge in [0.05, 0.1) is 25.0 Å². The van der Waals surface area contributed by atoms with E-state index in [1.807, 2.05) is 68.7 Å². The molecule has 1 amide bonds. The van der Waals surface area contributed by atoms with Gasteiger partial charge in [-0.3, -0.25) is 14.2 Å². The monoisotopic (exact) mass is 527 g/mol. The number of aliphatic hydroxyl groups is 1. The Morgan fingerprint density at radius 2 is 1.64 bits per heavy atom. The minimum absolute atomic E-state index is 0.0203. The molecule has 1 aliphatic carbocycles. The van der Waals surface area contributed by atoms with Crippen molar-refractivity contribution in [1.82, 2.24) is 34.8 Å². The first-order valence-corrected chi connectivity index (χ1v) is 13.7. The van der Waals surface area contributed by atoms with Crippen LogP contribution in [-0.4, -0.2) is 53.2 Å². The number of rotatable bonds is 9. The van der Waals surface area contributed by atoms with Gasteiger partial charge in [0.2, 0.25) is 5.91 Å². The van der Waals surface area contributed by atoms with Crippen molar-refractivity contribution >= 4 is 5.91 Å². The zero-order valence-electron chi connectivity index (χ0n) is 22.9. The third kappa shape index (κ3) is 6.42. The van der Waals surface area contributed by atoms with E-state index in [0.717, 1.165) is 60.0 Å². The Balaban J connectivity index is 1.17. The van der Waals surface area contributed by atoms with Crippen molar-refractivity contribution in [1.29, 1.82) is 0 Å². The van der Waals surface area contributed by atoms with E-state index < -0.39 is 0 Å². The van der Waals surface area contributed by atoms with Gasteiger partial charge in [-0.25, -0.2) is 9.97 Å². The summed E-state index contributed by atoms with van der Waals surface area (Å²) >= 11 is 0. The summed E-state index contributed by atoms with van der Waals surface area (Å²) in [7, 11) is 1.91. The van der Waals surface area contributed by atoms with Gasteiger partial charge in [0.25, 0.3) is 0 Å². The van der Waals surface area contributed by atoms with E-state index in [0.29, 0.717) is 11.7 Å². The molecule has 1 atom stereocenters. The molecule has 1 saturated carbocycles. The van der Waals surface area contributed by atoms with Gasteiger partial charge in [-0.2, -0.15) is 10.2 Å². The Kier molecular flexibility index (Phi) is 8.16. The summed E-state index contributed by atoms with van der Waals surface area (Å²) in [4.78, 5) is 21.9. The number of nitrogens with zero attached hydrogens (tertiary/aromatic N) is 6. The molecule has 1 aromatic carbocycles. The zero-order valence-corrected chi connectivity index (χ0v) is 22.9. The van der Waals surface area contributed by atoms with Gasteiger partial charge in [-0.15, -0.1) is 0 Å². The highest BCUT2D eigenvalue weighted by Gasteiger charge is 2.28. The van der Waals surface area contributed by atoms with Crippen LogP contribution >= 0.6 is 0 Å². The van der Waals surface area contributed by atoms with Crippen molar-refractivity contribution in [3.8, 4) is 33.6 Å². The highest BCUT2D eigenvalue weighted by molar-refractivity contribution is 5.79. The summed E-state index contributed by atoms with van der Waals surface area (Å²) in [5.41, 5.74) is 5.01. The Bertz CT molecular complexity index is 1380. The van der Waals surface area contributed by atoms with Crippen molar-refractivity contribution in [2.45, 2.75) is 52.1 Å². The molecule has 0 spiro atoms. The number of aryl methyl sites for hydroxylation is 1. The van der Waals surface area contributed by atoms with E-state index in [1.165, 1.54) is 0 Å². The van der Waals surface area contributed by atoms with Gasteiger partial charge in [-0.05, 0) is 49.1 Å². The van der Waals surface area contributed by atoms with Gasteiger partial charge >= 0.3 is 0 Å². The van der Waals surface area contributed by atoms with E-state index in [1.54, 1.807) is 4.68 Å². The number of amides is 1. The molecule has 0 bridgehead atoms. The molecule has 2 N–H and O–H groups in total. The lowest BCUT2D eigenvalue weighted by atomic mass is 9.81. The van der Waals surface area contributed by atoms with Gasteiger partial charge in [0, 0.05) is 66.6 Å². The van der Waals surface area contributed by atoms with Crippen molar-refractivity contribution in [3.63, 3.8) is 0 Å². The molecule has 0 unspecified atom stereocenters. The lowest BCUT2D eigenvalue weighted by molar-refractivity contribution is -0.127. The van der Waals surface area contributed by atoms with Crippen molar-refractivity contribution in [2.75, 3.05) is 6.61 Å². The fourth-order valence-electron chi connectivity index (χ4n) is 5.24. The lowest BCUT2D eigenvalue weighted by Crippen LogP contribution is -2.44. The predicted octanol–water partition coefficient (Wildman–Crippen LogP) is 4.35. The summed E-state index contributed by atoms with van der Waals surface area (Å²) in [6.45, 7) is 4.84. The highest BCUT2D eigenvalue weighted by Crippen LogP contribution is 2.31. The Morgan fingerprint density at radius 1 is 0.949 bits per heavy atom. The van der Waals surface area contributed by atoms with Crippen LogP contribution in [0.25, 0.3) is 33.6 Å². The number of carbonyl (C=O) groups is 1. The standard InChI is InChI=1S/C30H37N7O2/c1-20(2)28(19-38)35-30(39)22-9-7-21(8-10-22)16-37-18-27(15-34-37)25-12-31-29(32-13-25)24-6-4-5-23(11-24)26-14-33-36(3)17-26/h4-6,11-15,17-18,20-22,28,38H,7-10,16,19H2,1-3H3,(H,35,39)/t21?,22?,28-/m0/s1. The first kappa shape index (κ1) is 26.7. The molecule has 4 aromatic rings. The Labute approximate surface area is 229 Å². The molecule has 9 heteroatoms. The number of hydrogen-bond acceptors (Lipinski definition) is 6. The molecule has 5 rings (SSSR count). The van der Waals surface area contributed by atoms with Crippen molar-refractivity contribution in [3.05, 3.63) is 61.4 Å². The topological polar surface area (TPSA) is 111 Å². The molecule has 1 fully saturated rings. The van der Waals surface area contributed by atoms with Crippen LogP contribution in [0.5, 0.6) is 0 Å². The lowest BCUT2D eigenvalue weighted by Gasteiger charge is -2.29. The summed E-state index contributed by atoms with van der Waals surface area (Å²) in [5.74, 6) is 1.50. The highest BCUT2D eigenvalue weighted by atomic mass is 16.3. The second kappa shape index (κ2) is 11.9. The zero-order chi connectivity index (χ0) is 27.4. The molecule has 204 valence electrons. The van der Waals surface area contributed by atoms with Crippen LogP contribution in [0.4, 0.5) is 0 Å². The Morgan fingerprint density at radius 3 is 2.31 bits per heavy atom. The number of nitrogens with one attached hydrogen (secondary N) is 1. The maximum Gasteiger partial charge on any atom is 0.223 e. The average molecular weight is 528 g/mol. The quantitative estimate of drug-likeness (QED) is 0.335. The van der Waals surface area contributed by atoms with Gasteiger partial charge < -0.3 is 10.4 Å². The van der Waals surface area contributed by atoms with Crippen LogP contribution in [0.3, 0.4) is 0 Å². The van der Waals surface area contributed by atoms with Crippen molar-refractivity contribution < 1.29 is 9.90 Å². The minimum atomic E-state index is -0.173. The van der Waals surface area contributed by atoms with Gasteiger partial charge in [0.15, 0.2) is 5.82 Å². The van der Waals surface area contributed by atoms with Gasteiger partial charge in [0.1, 0.15) is 0 Å². The van der Waals surface area contributed by atoms with Crippen LogP contribution in [-0.2, 0) is 18.4 Å². The predicted molar refractivity (Wildman–Crippen MR) is 150 cm³/mol. The summed E-state index contributed by atoms with van der Waals surface area (Å²) in [6, 6.07) is 7.99. The third-order valence-corrected chi connectivity index (χ3v) is 7.77. The normalized spacial score (nSPS) is 18.3. The molecular weight excluding hydrogens is 490 g/mol. The minimum Gasteiger partial charge on any atom is -0.394 e. The number of aliphatic hydroxyl groups excluding tert-OH is 1. The number of benzene rings is 1. The smallest absolute Gasteiger partial charge is 0.223 e. The first-order valence-electron chi connectivity index (χ1n) is 13.7. The molecule has 3 heterocycles. The molecular formula is C30H37N7O2. The van der Waals surface area contributed by atoms with Crippen molar-refractivity contribution in [2.24, 2.45) is 24.8 Å². The maximum absolute atomic E-state index is 12.6.